The number of benzene rings is 2. The number of carbonyl (C=O) groups excluding carboxylic acids is 1. The number of ether oxygens (including phenoxy) is 2. The van der Waals surface area contributed by atoms with Gasteiger partial charge in [0.2, 0.25) is 0 Å². The van der Waals surface area contributed by atoms with Crippen LogP contribution in [0.3, 0.4) is 0 Å². The standard InChI is InChI=1S/C20H21NO5/c1-12-6-13-8-15(22)4-5-18(13)19(7-12)21-26-20(23)14-9-16(24-2)11-17(10-14)25-3/h4-5,8-12,22H,6-7H2,1-3H3/b21-19+/t12-/m1/s1. The van der Waals surface area contributed by atoms with Crippen LogP contribution in [0, 0.1) is 5.92 Å². The molecule has 3 rings (SSSR count). The van der Waals surface area contributed by atoms with E-state index in [1.54, 1.807) is 36.4 Å². The van der Waals surface area contributed by atoms with Crippen LogP contribution in [0.25, 0.3) is 0 Å². The molecular formula is C20H21NO5. The average Bonchev–Trinajstić information content (AvgIpc) is 2.64. The first-order valence-electron chi connectivity index (χ1n) is 8.33. The van der Waals surface area contributed by atoms with Gasteiger partial charge in [0.15, 0.2) is 0 Å². The Labute approximate surface area is 152 Å². The molecule has 0 heterocycles. The van der Waals surface area contributed by atoms with E-state index in [-0.39, 0.29) is 5.75 Å². The Morgan fingerprint density at radius 3 is 2.42 bits per heavy atom. The maximum absolute atomic E-state index is 12.4. The zero-order chi connectivity index (χ0) is 18.7. The van der Waals surface area contributed by atoms with Gasteiger partial charge in [-0.15, -0.1) is 0 Å². The quantitative estimate of drug-likeness (QED) is 0.670. The Morgan fingerprint density at radius 2 is 1.77 bits per heavy atom. The lowest BCUT2D eigenvalue weighted by atomic mass is 9.83. The molecule has 0 amide bonds. The topological polar surface area (TPSA) is 77.4 Å². The van der Waals surface area contributed by atoms with Gasteiger partial charge in [-0.3, -0.25) is 0 Å². The van der Waals surface area contributed by atoms with Crippen LogP contribution in [0.2, 0.25) is 0 Å². The van der Waals surface area contributed by atoms with E-state index >= 15 is 0 Å². The third-order valence-corrected chi connectivity index (χ3v) is 4.34. The second-order valence-electron chi connectivity index (χ2n) is 6.37. The summed E-state index contributed by atoms with van der Waals surface area (Å²) in [6.45, 7) is 2.09. The third kappa shape index (κ3) is 3.79. The highest BCUT2D eigenvalue weighted by atomic mass is 16.7. The Morgan fingerprint density at radius 1 is 1.08 bits per heavy atom. The van der Waals surface area contributed by atoms with Crippen molar-refractivity contribution in [2.45, 2.75) is 19.8 Å². The molecule has 6 nitrogen and oxygen atoms in total. The number of phenolic OH excluding ortho intramolecular Hbond substituents is 1. The fourth-order valence-electron chi connectivity index (χ4n) is 3.08. The first-order chi connectivity index (χ1) is 12.5. The predicted molar refractivity (Wildman–Crippen MR) is 97.1 cm³/mol. The van der Waals surface area contributed by atoms with Crippen molar-refractivity contribution < 1.29 is 24.2 Å². The summed E-state index contributed by atoms with van der Waals surface area (Å²) in [6, 6.07) is 9.96. The van der Waals surface area contributed by atoms with Crippen LogP contribution in [-0.4, -0.2) is 31.0 Å². The second-order valence-corrected chi connectivity index (χ2v) is 6.37. The molecule has 1 aliphatic rings. The maximum atomic E-state index is 12.4. The van der Waals surface area contributed by atoms with E-state index in [0.29, 0.717) is 35.1 Å². The van der Waals surface area contributed by atoms with E-state index in [1.807, 2.05) is 0 Å². The molecule has 26 heavy (non-hydrogen) atoms. The van der Waals surface area contributed by atoms with Gasteiger partial charge in [-0.05, 0) is 54.7 Å². The number of aromatic hydroxyl groups is 1. The summed E-state index contributed by atoms with van der Waals surface area (Å²) in [5.74, 6) is 0.969. The molecule has 0 aliphatic heterocycles. The molecule has 2 aromatic rings. The first kappa shape index (κ1) is 17.8. The van der Waals surface area contributed by atoms with Crippen molar-refractivity contribution in [1.29, 1.82) is 0 Å². The van der Waals surface area contributed by atoms with Crippen molar-refractivity contribution >= 4 is 11.7 Å². The fraction of sp³-hybridized carbons (Fsp3) is 0.300. The SMILES string of the molecule is COc1cc(OC)cc(C(=O)O/N=C2\C[C@H](C)Cc3cc(O)ccc32)c1. The number of hydrogen-bond donors (Lipinski definition) is 1. The lowest BCUT2D eigenvalue weighted by Crippen LogP contribution is -2.19. The second kappa shape index (κ2) is 7.47. The molecule has 0 unspecified atom stereocenters. The smallest absolute Gasteiger partial charge is 0.366 e. The predicted octanol–water partition coefficient (Wildman–Crippen LogP) is 3.55. The monoisotopic (exact) mass is 355 g/mol. The highest BCUT2D eigenvalue weighted by Gasteiger charge is 2.22. The van der Waals surface area contributed by atoms with Gasteiger partial charge in [-0.1, -0.05) is 12.1 Å². The highest BCUT2D eigenvalue weighted by molar-refractivity contribution is 6.03. The Kier molecular flexibility index (Phi) is 5.11. The molecule has 1 N–H and O–H groups in total. The minimum Gasteiger partial charge on any atom is -0.508 e. The van der Waals surface area contributed by atoms with Gasteiger partial charge in [0.1, 0.15) is 17.2 Å². The molecule has 0 spiro atoms. The summed E-state index contributed by atoms with van der Waals surface area (Å²) in [6.07, 6.45) is 1.55. The molecule has 2 aromatic carbocycles. The Balaban J connectivity index is 1.85. The van der Waals surface area contributed by atoms with Gasteiger partial charge in [-0.25, -0.2) is 4.79 Å². The van der Waals surface area contributed by atoms with E-state index in [1.165, 1.54) is 14.2 Å². The zero-order valence-electron chi connectivity index (χ0n) is 15.0. The summed E-state index contributed by atoms with van der Waals surface area (Å²) < 4.78 is 10.3. The van der Waals surface area contributed by atoms with E-state index < -0.39 is 5.97 Å². The number of fused-ring (bicyclic) bond motifs is 1. The summed E-state index contributed by atoms with van der Waals surface area (Å²) in [4.78, 5) is 17.6. The average molecular weight is 355 g/mol. The van der Waals surface area contributed by atoms with Crippen molar-refractivity contribution in [3.8, 4) is 17.2 Å². The van der Waals surface area contributed by atoms with E-state index in [0.717, 1.165) is 17.5 Å². The normalized spacial score (nSPS) is 17.5. The van der Waals surface area contributed by atoms with Crippen LogP contribution in [0.5, 0.6) is 17.2 Å². The minimum atomic E-state index is -0.590. The van der Waals surface area contributed by atoms with Gasteiger partial charge < -0.3 is 19.4 Å². The minimum absolute atomic E-state index is 0.220. The highest BCUT2D eigenvalue weighted by Crippen LogP contribution is 2.29. The van der Waals surface area contributed by atoms with Crippen molar-refractivity contribution in [2.24, 2.45) is 11.1 Å². The fourth-order valence-corrected chi connectivity index (χ4v) is 3.08. The van der Waals surface area contributed by atoms with Gasteiger partial charge in [0.05, 0.1) is 25.5 Å². The molecule has 0 saturated carbocycles. The largest absolute Gasteiger partial charge is 0.508 e. The van der Waals surface area contributed by atoms with Crippen molar-refractivity contribution in [1.82, 2.24) is 0 Å². The van der Waals surface area contributed by atoms with Crippen LogP contribution in [0.15, 0.2) is 41.6 Å². The van der Waals surface area contributed by atoms with Crippen molar-refractivity contribution in [3.05, 3.63) is 53.1 Å². The van der Waals surface area contributed by atoms with Crippen LogP contribution < -0.4 is 9.47 Å². The summed E-state index contributed by atoms with van der Waals surface area (Å²) in [5.41, 5.74) is 2.89. The van der Waals surface area contributed by atoms with Crippen LogP contribution in [-0.2, 0) is 11.3 Å². The maximum Gasteiger partial charge on any atom is 0.366 e. The zero-order valence-corrected chi connectivity index (χ0v) is 15.0. The van der Waals surface area contributed by atoms with Gasteiger partial charge in [0.25, 0.3) is 0 Å². The van der Waals surface area contributed by atoms with Gasteiger partial charge in [-0.2, -0.15) is 0 Å². The van der Waals surface area contributed by atoms with Gasteiger partial charge >= 0.3 is 5.97 Å². The molecule has 0 radical (unpaired) electrons. The molecular weight excluding hydrogens is 334 g/mol. The molecule has 6 heteroatoms. The third-order valence-electron chi connectivity index (χ3n) is 4.34. The molecule has 0 aromatic heterocycles. The van der Waals surface area contributed by atoms with Crippen LogP contribution in [0.1, 0.15) is 34.8 Å². The molecule has 0 saturated heterocycles. The number of hydrogen-bond acceptors (Lipinski definition) is 6. The van der Waals surface area contributed by atoms with Crippen LogP contribution >= 0.6 is 0 Å². The molecule has 0 fully saturated rings. The molecule has 136 valence electrons. The number of phenols is 1. The lowest BCUT2D eigenvalue weighted by Gasteiger charge is -2.22. The van der Waals surface area contributed by atoms with E-state index in [4.69, 9.17) is 14.3 Å². The Hall–Kier alpha value is -3.02. The molecule has 1 aliphatic carbocycles. The van der Waals surface area contributed by atoms with E-state index in [9.17, 15) is 9.90 Å². The number of oxime groups is 1. The number of rotatable bonds is 4. The first-order valence-corrected chi connectivity index (χ1v) is 8.33. The van der Waals surface area contributed by atoms with Gasteiger partial charge in [0, 0.05) is 11.6 Å². The van der Waals surface area contributed by atoms with E-state index in [2.05, 4.69) is 12.1 Å². The number of carbonyl (C=O) groups is 1. The lowest BCUT2D eigenvalue weighted by molar-refractivity contribution is 0.0514. The molecule has 0 bridgehead atoms. The Bertz CT molecular complexity index is 837. The summed E-state index contributed by atoms with van der Waals surface area (Å²) in [7, 11) is 3.03. The number of nitrogens with zero attached hydrogens (tertiary/aromatic N) is 1. The summed E-state index contributed by atoms with van der Waals surface area (Å²) in [5, 5.41) is 13.8. The van der Waals surface area contributed by atoms with Crippen molar-refractivity contribution in [2.75, 3.05) is 14.2 Å². The molecule has 1 atom stereocenters. The summed E-state index contributed by atoms with van der Waals surface area (Å²) >= 11 is 0. The number of methoxy groups -OCH3 is 2. The van der Waals surface area contributed by atoms with Crippen molar-refractivity contribution in [3.63, 3.8) is 0 Å². The van der Waals surface area contributed by atoms with Crippen LogP contribution in [0.4, 0.5) is 0 Å².